The lowest BCUT2D eigenvalue weighted by molar-refractivity contribution is -0.886. The highest BCUT2D eigenvalue weighted by atomic mass is 16.5. The van der Waals surface area contributed by atoms with Crippen LogP contribution in [-0.4, -0.2) is 50.4 Å². The van der Waals surface area contributed by atoms with Gasteiger partial charge < -0.3 is 19.9 Å². The topological polar surface area (TPSA) is 63.1 Å². The maximum Gasteiger partial charge on any atom is 0.282 e. The Balaban J connectivity index is 1.91. The summed E-state index contributed by atoms with van der Waals surface area (Å²) < 4.78 is 5.73. The Hall–Kier alpha value is -2.86. The molecular weight excluding hydrogens is 330 g/mol. The van der Waals surface area contributed by atoms with Crippen LogP contribution in [0.4, 0.5) is 5.69 Å². The zero-order valence-electron chi connectivity index (χ0n) is 15.7. The molecule has 0 saturated carbocycles. The molecule has 1 unspecified atom stereocenters. The van der Waals surface area contributed by atoms with Crippen molar-refractivity contribution in [1.82, 2.24) is 4.90 Å². The van der Waals surface area contributed by atoms with E-state index in [1.165, 1.54) is 4.90 Å². The molecule has 138 valence electrons. The second-order valence-corrected chi connectivity index (χ2v) is 6.46. The third-order valence-corrected chi connectivity index (χ3v) is 4.16. The molecule has 0 radical (unpaired) electrons. The predicted octanol–water partition coefficient (Wildman–Crippen LogP) is 1.41. The first kappa shape index (κ1) is 19.5. The van der Waals surface area contributed by atoms with Crippen molar-refractivity contribution in [3.05, 3.63) is 54.6 Å². The van der Waals surface area contributed by atoms with Crippen LogP contribution in [0.1, 0.15) is 6.92 Å². The molecule has 2 atom stereocenters. The summed E-state index contributed by atoms with van der Waals surface area (Å²) in [5.41, 5.74) is 0.689. The third-order valence-electron chi connectivity index (χ3n) is 4.16. The van der Waals surface area contributed by atoms with Crippen molar-refractivity contribution in [2.45, 2.75) is 13.0 Å². The zero-order valence-corrected chi connectivity index (χ0v) is 15.7. The SMILES string of the molecule is C[C@H](C(=O)Nc1ccc(Oc2ccccc2)cc1)[NH+](C)CC(=O)N(C)C. The van der Waals surface area contributed by atoms with Crippen LogP contribution < -0.4 is 15.0 Å². The normalized spacial score (nSPS) is 12.8. The van der Waals surface area contributed by atoms with Gasteiger partial charge in [0.05, 0.1) is 7.05 Å². The monoisotopic (exact) mass is 356 g/mol. The molecule has 26 heavy (non-hydrogen) atoms. The first-order valence-electron chi connectivity index (χ1n) is 8.53. The molecule has 0 aliphatic heterocycles. The first-order valence-corrected chi connectivity index (χ1v) is 8.53. The summed E-state index contributed by atoms with van der Waals surface area (Å²) in [6, 6.07) is 16.4. The van der Waals surface area contributed by atoms with Crippen LogP contribution >= 0.6 is 0 Å². The Labute approximate surface area is 154 Å². The molecule has 2 amide bonds. The molecule has 0 fully saturated rings. The van der Waals surface area contributed by atoms with E-state index in [2.05, 4.69) is 5.32 Å². The average molecular weight is 356 g/mol. The number of hydrogen-bond donors (Lipinski definition) is 2. The second kappa shape index (κ2) is 9.01. The number of hydrogen-bond acceptors (Lipinski definition) is 3. The fourth-order valence-electron chi connectivity index (χ4n) is 2.25. The van der Waals surface area contributed by atoms with Crippen molar-refractivity contribution >= 4 is 17.5 Å². The van der Waals surface area contributed by atoms with Gasteiger partial charge in [-0.1, -0.05) is 18.2 Å². The van der Waals surface area contributed by atoms with Crippen LogP contribution in [0.25, 0.3) is 0 Å². The number of carbonyl (C=O) groups excluding carboxylic acids is 2. The third kappa shape index (κ3) is 5.60. The van der Waals surface area contributed by atoms with Gasteiger partial charge in [0.2, 0.25) is 0 Å². The molecule has 6 heteroatoms. The van der Waals surface area contributed by atoms with Crippen molar-refractivity contribution in [3.8, 4) is 11.5 Å². The molecule has 2 aromatic rings. The van der Waals surface area contributed by atoms with Crippen LogP contribution in [0.2, 0.25) is 0 Å². The number of nitrogens with one attached hydrogen (secondary N) is 2. The lowest BCUT2D eigenvalue weighted by atomic mass is 10.2. The van der Waals surface area contributed by atoms with Crippen LogP contribution in [0.5, 0.6) is 11.5 Å². The van der Waals surface area contributed by atoms with E-state index in [1.807, 2.05) is 37.4 Å². The molecule has 0 aliphatic rings. The van der Waals surface area contributed by atoms with Crippen LogP contribution in [0.15, 0.2) is 54.6 Å². The smallest absolute Gasteiger partial charge is 0.282 e. The summed E-state index contributed by atoms with van der Waals surface area (Å²) in [6.07, 6.45) is 0. The van der Waals surface area contributed by atoms with Gasteiger partial charge in [-0.05, 0) is 43.3 Å². The minimum Gasteiger partial charge on any atom is -0.457 e. The Morgan fingerprint density at radius 3 is 2.19 bits per heavy atom. The van der Waals surface area contributed by atoms with Crippen molar-refractivity contribution in [3.63, 3.8) is 0 Å². The number of ether oxygens (including phenoxy) is 1. The van der Waals surface area contributed by atoms with Crippen LogP contribution in [-0.2, 0) is 9.59 Å². The van der Waals surface area contributed by atoms with Gasteiger partial charge >= 0.3 is 0 Å². The van der Waals surface area contributed by atoms with Gasteiger partial charge in [0.25, 0.3) is 11.8 Å². The second-order valence-electron chi connectivity index (χ2n) is 6.46. The number of carbonyl (C=O) groups is 2. The van der Waals surface area contributed by atoms with E-state index in [-0.39, 0.29) is 24.4 Å². The van der Waals surface area contributed by atoms with Crippen molar-refractivity contribution in [1.29, 1.82) is 0 Å². The first-order chi connectivity index (χ1) is 12.4. The van der Waals surface area contributed by atoms with E-state index >= 15 is 0 Å². The van der Waals surface area contributed by atoms with E-state index in [0.717, 1.165) is 10.6 Å². The summed E-state index contributed by atoms with van der Waals surface area (Å²) >= 11 is 0. The molecule has 0 aliphatic carbocycles. The van der Waals surface area contributed by atoms with Gasteiger partial charge in [0.1, 0.15) is 11.5 Å². The molecule has 2 rings (SSSR count). The minimum absolute atomic E-state index is 0.00966. The highest BCUT2D eigenvalue weighted by Gasteiger charge is 2.24. The molecule has 0 heterocycles. The summed E-state index contributed by atoms with van der Waals surface area (Å²) in [5.74, 6) is 1.31. The van der Waals surface area contributed by atoms with E-state index < -0.39 is 0 Å². The van der Waals surface area contributed by atoms with Gasteiger partial charge in [0.15, 0.2) is 12.6 Å². The molecule has 0 bridgehead atoms. The van der Waals surface area contributed by atoms with E-state index in [4.69, 9.17) is 4.74 Å². The number of quaternary nitrogens is 1. The quantitative estimate of drug-likeness (QED) is 0.788. The lowest BCUT2D eigenvalue weighted by Crippen LogP contribution is -3.15. The maximum absolute atomic E-state index is 12.4. The fraction of sp³-hybridized carbons (Fsp3) is 0.300. The van der Waals surface area contributed by atoms with Crippen LogP contribution in [0, 0.1) is 0 Å². The van der Waals surface area contributed by atoms with Gasteiger partial charge in [0, 0.05) is 19.8 Å². The molecule has 0 spiro atoms. The van der Waals surface area contributed by atoms with Gasteiger partial charge in [-0.15, -0.1) is 0 Å². The summed E-state index contributed by atoms with van der Waals surface area (Å²) in [5, 5.41) is 2.88. The number of benzene rings is 2. The molecule has 2 N–H and O–H groups in total. The Bertz CT molecular complexity index is 730. The van der Waals surface area contributed by atoms with Gasteiger partial charge in [-0.25, -0.2) is 0 Å². The average Bonchev–Trinajstić information content (AvgIpc) is 2.63. The largest absolute Gasteiger partial charge is 0.457 e. The summed E-state index contributed by atoms with van der Waals surface area (Å²) in [6.45, 7) is 2.08. The highest BCUT2D eigenvalue weighted by Crippen LogP contribution is 2.22. The number of anilines is 1. The van der Waals surface area contributed by atoms with Crippen LogP contribution in [0.3, 0.4) is 0 Å². The number of rotatable bonds is 7. The zero-order chi connectivity index (χ0) is 19.1. The molecule has 6 nitrogen and oxygen atoms in total. The van der Waals surface area contributed by atoms with Crippen molar-refractivity contribution in [2.75, 3.05) is 33.0 Å². The Morgan fingerprint density at radius 1 is 1.04 bits per heavy atom. The minimum atomic E-state index is -0.348. The Morgan fingerprint density at radius 2 is 1.62 bits per heavy atom. The number of para-hydroxylation sites is 1. The lowest BCUT2D eigenvalue weighted by Gasteiger charge is -2.22. The maximum atomic E-state index is 12.4. The highest BCUT2D eigenvalue weighted by molar-refractivity contribution is 5.93. The van der Waals surface area contributed by atoms with Crippen molar-refractivity contribution < 1.29 is 19.2 Å². The van der Waals surface area contributed by atoms with Gasteiger partial charge in [-0.3, -0.25) is 9.59 Å². The van der Waals surface area contributed by atoms with Gasteiger partial charge in [-0.2, -0.15) is 0 Å². The van der Waals surface area contributed by atoms with E-state index in [9.17, 15) is 9.59 Å². The number of amides is 2. The van der Waals surface area contributed by atoms with E-state index in [1.54, 1.807) is 45.3 Å². The Kier molecular flexibility index (Phi) is 6.74. The number of nitrogens with zero attached hydrogens (tertiary/aromatic N) is 1. The molecule has 0 saturated heterocycles. The standard InChI is InChI=1S/C20H25N3O3/c1-15(23(4)14-19(24)22(2)3)20(25)21-16-10-12-18(13-11-16)26-17-8-6-5-7-9-17/h5-13,15H,14H2,1-4H3,(H,21,25)/p+1/t15-/m1/s1. The fourth-order valence-corrected chi connectivity index (χ4v) is 2.25. The summed E-state index contributed by atoms with van der Waals surface area (Å²) in [7, 11) is 5.25. The molecular formula is C20H26N3O3+. The predicted molar refractivity (Wildman–Crippen MR) is 101 cm³/mol. The molecule has 2 aromatic carbocycles. The summed E-state index contributed by atoms with van der Waals surface area (Å²) in [4.78, 5) is 26.5. The molecule has 0 aromatic heterocycles. The number of likely N-dealkylation sites (N-methyl/N-ethyl adjacent to an activating group) is 2. The van der Waals surface area contributed by atoms with Crippen molar-refractivity contribution in [2.24, 2.45) is 0 Å². The van der Waals surface area contributed by atoms with E-state index in [0.29, 0.717) is 11.4 Å².